The Hall–Kier alpha value is -2.80. The van der Waals surface area contributed by atoms with Gasteiger partial charge in [0.15, 0.2) is 5.37 Å². The van der Waals surface area contributed by atoms with Gasteiger partial charge in [0.1, 0.15) is 0 Å². The predicted octanol–water partition coefficient (Wildman–Crippen LogP) is 3.28. The summed E-state index contributed by atoms with van der Waals surface area (Å²) < 4.78 is 0. The van der Waals surface area contributed by atoms with E-state index >= 15 is 0 Å². The van der Waals surface area contributed by atoms with Crippen molar-refractivity contribution in [3.63, 3.8) is 0 Å². The lowest BCUT2D eigenvalue weighted by Crippen LogP contribution is -2.34. The van der Waals surface area contributed by atoms with E-state index in [9.17, 15) is 14.4 Å². The highest BCUT2D eigenvalue weighted by Crippen LogP contribution is 2.32. The van der Waals surface area contributed by atoms with Gasteiger partial charge in [-0.05, 0) is 48.2 Å². The van der Waals surface area contributed by atoms with Gasteiger partial charge in [0.2, 0.25) is 5.91 Å². The molecule has 0 bridgehead atoms. The highest BCUT2D eigenvalue weighted by molar-refractivity contribution is 8.16. The number of anilines is 3. The molecular weight excluding hydrogens is 326 g/mol. The third kappa shape index (κ3) is 3.41. The van der Waals surface area contributed by atoms with Gasteiger partial charge in [-0.25, -0.2) is 4.90 Å². The minimum absolute atomic E-state index is 0.152. The van der Waals surface area contributed by atoms with Crippen molar-refractivity contribution in [1.29, 1.82) is 0 Å². The molecule has 3 rings (SSSR count). The summed E-state index contributed by atoms with van der Waals surface area (Å²) in [7, 11) is 0. The van der Waals surface area contributed by atoms with E-state index < -0.39 is 5.37 Å². The average molecular weight is 341 g/mol. The van der Waals surface area contributed by atoms with E-state index in [0.29, 0.717) is 17.1 Å². The largest absolute Gasteiger partial charge is 0.365 e. The van der Waals surface area contributed by atoms with Crippen LogP contribution in [0, 0.1) is 0 Å². The summed E-state index contributed by atoms with van der Waals surface area (Å²) in [5, 5.41) is 4.72. The van der Waals surface area contributed by atoms with E-state index in [1.165, 1.54) is 11.8 Å². The molecular formula is C17H15N3O3S. The Bertz CT molecular complexity index is 777. The SMILES string of the molecule is CC(=O)Nc1ccc(N[C@@H]2SC(=O)N(c3ccccc3)C2=O)cc1. The van der Waals surface area contributed by atoms with Crippen molar-refractivity contribution in [2.45, 2.75) is 12.3 Å². The lowest BCUT2D eigenvalue weighted by Gasteiger charge is -2.15. The van der Waals surface area contributed by atoms with Gasteiger partial charge in [-0.2, -0.15) is 0 Å². The number of para-hydroxylation sites is 1. The first kappa shape index (κ1) is 16.1. The monoisotopic (exact) mass is 341 g/mol. The molecule has 0 saturated carbocycles. The molecule has 1 aliphatic rings. The molecule has 0 spiro atoms. The zero-order valence-corrected chi connectivity index (χ0v) is 13.7. The number of thioether (sulfide) groups is 1. The van der Waals surface area contributed by atoms with Gasteiger partial charge >= 0.3 is 0 Å². The van der Waals surface area contributed by atoms with Crippen LogP contribution in [0.25, 0.3) is 0 Å². The summed E-state index contributed by atoms with van der Waals surface area (Å²) in [6, 6.07) is 15.8. The third-order valence-corrected chi connectivity index (χ3v) is 4.30. The minimum atomic E-state index is -0.677. The number of nitrogens with zero attached hydrogens (tertiary/aromatic N) is 1. The molecule has 1 aliphatic heterocycles. The van der Waals surface area contributed by atoms with E-state index in [2.05, 4.69) is 10.6 Å². The van der Waals surface area contributed by atoms with Crippen LogP contribution in [0.4, 0.5) is 21.9 Å². The number of carbonyl (C=O) groups is 3. The van der Waals surface area contributed by atoms with Crippen LogP contribution in [-0.4, -0.2) is 22.4 Å². The third-order valence-electron chi connectivity index (χ3n) is 3.36. The molecule has 6 nitrogen and oxygen atoms in total. The number of nitrogens with one attached hydrogen (secondary N) is 2. The summed E-state index contributed by atoms with van der Waals surface area (Å²) in [6.45, 7) is 1.43. The number of imide groups is 1. The van der Waals surface area contributed by atoms with Crippen molar-refractivity contribution in [3.05, 3.63) is 54.6 Å². The molecule has 122 valence electrons. The van der Waals surface area contributed by atoms with Crippen LogP contribution in [0.1, 0.15) is 6.92 Å². The van der Waals surface area contributed by atoms with Crippen LogP contribution in [-0.2, 0) is 9.59 Å². The summed E-state index contributed by atoms with van der Waals surface area (Å²) in [6.07, 6.45) is 0. The molecule has 0 unspecified atom stereocenters. The van der Waals surface area contributed by atoms with Gasteiger partial charge < -0.3 is 10.6 Å². The molecule has 24 heavy (non-hydrogen) atoms. The summed E-state index contributed by atoms with van der Waals surface area (Å²) in [5.41, 5.74) is 1.92. The Labute approximate surface area is 143 Å². The maximum absolute atomic E-state index is 12.5. The van der Waals surface area contributed by atoms with Gasteiger partial charge in [0.05, 0.1) is 5.69 Å². The van der Waals surface area contributed by atoms with Crippen molar-refractivity contribution >= 4 is 45.9 Å². The normalized spacial score (nSPS) is 17.0. The first-order valence-electron chi connectivity index (χ1n) is 7.28. The Morgan fingerprint density at radius 1 is 1.00 bits per heavy atom. The number of carbonyl (C=O) groups excluding carboxylic acids is 3. The Kier molecular flexibility index (Phi) is 4.52. The lowest BCUT2D eigenvalue weighted by atomic mass is 10.2. The standard InChI is InChI=1S/C17H15N3O3S/c1-11(21)18-12-7-9-13(10-8-12)19-15-16(22)20(17(23)24-15)14-5-3-2-4-6-14/h2-10,15,19H,1H3,(H,18,21)/t15-/m1/s1. The Morgan fingerprint density at radius 3 is 2.25 bits per heavy atom. The predicted molar refractivity (Wildman–Crippen MR) is 95.1 cm³/mol. The fourth-order valence-electron chi connectivity index (χ4n) is 2.32. The van der Waals surface area contributed by atoms with E-state index in [0.717, 1.165) is 11.8 Å². The molecule has 7 heteroatoms. The summed E-state index contributed by atoms with van der Waals surface area (Å²) in [4.78, 5) is 36.8. The Morgan fingerprint density at radius 2 is 1.62 bits per heavy atom. The second-order valence-electron chi connectivity index (χ2n) is 5.18. The first-order valence-corrected chi connectivity index (χ1v) is 8.16. The first-order chi connectivity index (χ1) is 11.5. The molecule has 0 aliphatic carbocycles. The molecule has 2 N–H and O–H groups in total. The number of rotatable bonds is 4. The molecule has 1 saturated heterocycles. The zero-order valence-electron chi connectivity index (χ0n) is 12.9. The van der Waals surface area contributed by atoms with Crippen molar-refractivity contribution in [2.24, 2.45) is 0 Å². The van der Waals surface area contributed by atoms with Gasteiger partial charge in [0.25, 0.3) is 11.1 Å². The van der Waals surface area contributed by atoms with E-state index in [4.69, 9.17) is 0 Å². The van der Waals surface area contributed by atoms with Crippen LogP contribution < -0.4 is 15.5 Å². The van der Waals surface area contributed by atoms with Gasteiger partial charge in [-0.15, -0.1) is 0 Å². The highest BCUT2D eigenvalue weighted by Gasteiger charge is 2.40. The van der Waals surface area contributed by atoms with Crippen molar-refractivity contribution in [1.82, 2.24) is 0 Å². The quantitative estimate of drug-likeness (QED) is 0.892. The smallest absolute Gasteiger partial charge is 0.295 e. The second-order valence-corrected chi connectivity index (χ2v) is 6.23. The van der Waals surface area contributed by atoms with Crippen LogP contribution in [0.3, 0.4) is 0 Å². The van der Waals surface area contributed by atoms with Crippen LogP contribution in [0.15, 0.2) is 54.6 Å². The number of hydrogen-bond acceptors (Lipinski definition) is 5. The molecule has 1 atom stereocenters. The molecule has 0 aromatic heterocycles. The molecule has 2 aromatic carbocycles. The molecule has 2 aromatic rings. The molecule has 1 heterocycles. The number of amides is 3. The lowest BCUT2D eigenvalue weighted by molar-refractivity contribution is -0.116. The average Bonchev–Trinajstić information content (AvgIpc) is 2.83. The van der Waals surface area contributed by atoms with Gasteiger partial charge in [-0.1, -0.05) is 18.2 Å². The fourth-order valence-corrected chi connectivity index (χ4v) is 3.22. The van der Waals surface area contributed by atoms with E-state index in [-0.39, 0.29) is 17.1 Å². The van der Waals surface area contributed by atoms with Crippen LogP contribution in [0.5, 0.6) is 0 Å². The zero-order chi connectivity index (χ0) is 17.1. The summed E-state index contributed by atoms with van der Waals surface area (Å²) in [5.74, 6) is -0.455. The minimum Gasteiger partial charge on any atom is -0.365 e. The van der Waals surface area contributed by atoms with Crippen LogP contribution in [0.2, 0.25) is 0 Å². The fraction of sp³-hybridized carbons (Fsp3) is 0.118. The molecule has 1 fully saturated rings. The molecule has 0 radical (unpaired) electrons. The topological polar surface area (TPSA) is 78.5 Å². The number of benzene rings is 2. The molecule has 3 amide bonds. The second kappa shape index (κ2) is 6.76. The number of hydrogen-bond donors (Lipinski definition) is 2. The van der Waals surface area contributed by atoms with Gasteiger partial charge in [-0.3, -0.25) is 14.4 Å². The van der Waals surface area contributed by atoms with E-state index in [1.54, 1.807) is 48.5 Å². The van der Waals surface area contributed by atoms with Crippen molar-refractivity contribution < 1.29 is 14.4 Å². The Balaban J connectivity index is 1.71. The van der Waals surface area contributed by atoms with E-state index in [1.807, 2.05) is 6.07 Å². The highest BCUT2D eigenvalue weighted by atomic mass is 32.2. The maximum atomic E-state index is 12.5. The van der Waals surface area contributed by atoms with Crippen molar-refractivity contribution in [3.8, 4) is 0 Å². The summed E-state index contributed by atoms with van der Waals surface area (Å²) >= 11 is 0.943. The van der Waals surface area contributed by atoms with Crippen molar-refractivity contribution in [2.75, 3.05) is 15.5 Å². The van der Waals surface area contributed by atoms with Crippen LogP contribution >= 0.6 is 11.8 Å². The van der Waals surface area contributed by atoms with Gasteiger partial charge in [0, 0.05) is 18.3 Å². The maximum Gasteiger partial charge on any atom is 0.295 e.